The number of piperazine rings is 1. The van der Waals surface area contributed by atoms with E-state index in [-0.39, 0.29) is 11.7 Å². The van der Waals surface area contributed by atoms with Gasteiger partial charge >= 0.3 is 0 Å². The Balaban J connectivity index is 1.72. The van der Waals surface area contributed by atoms with E-state index in [1.807, 2.05) is 24.0 Å². The first-order valence-corrected chi connectivity index (χ1v) is 10.2. The molecule has 0 saturated carbocycles. The minimum absolute atomic E-state index is 0.0393. The summed E-state index contributed by atoms with van der Waals surface area (Å²) in [5.41, 5.74) is 2.09. The number of hydrogen-bond acceptors (Lipinski definition) is 8. The second-order valence-electron chi connectivity index (χ2n) is 7.28. The lowest BCUT2D eigenvalue weighted by molar-refractivity contribution is -0.129. The highest BCUT2D eigenvalue weighted by molar-refractivity contribution is 6.20. The Bertz CT molecular complexity index is 1020. The number of nitrogens with zero attached hydrogens (tertiary/aromatic N) is 4. The summed E-state index contributed by atoms with van der Waals surface area (Å²) in [4.78, 5) is 24.0. The fourth-order valence-electron chi connectivity index (χ4n) is 3.81. The van der Waals surface area contributed by atoms with Crippen LogP contribution in [0, 0.1) is 0 Å². The lowest BCUT2D eigenvalue weighted by atomic mass is 10.1. The molecular formula is C22H26N4O5. The second kappa shape index (κ2) is 8.91. The topological polar surface area (TPSA) is 101 Å². The Morgan fingerprint density at radius 2 is 2.13 bits per heavy atom. The SMILES string of the molecule is CCOC(OC)c1c(N2CCN(C(C)=O)CC2)oc(C=C2C=Nc3ncccc32)c1O. The van der Waals surface area contributed by atoms with E-state index in [9.17, 15) is 9.90 Å². The number of rotatable bonds is 6. The van der Waals surface area contributed by atoms with Gasteiger partial charge in [-0.15, -0.1) is 0 Å². The Labute approximate surface area is 180 Å². The Hall–Kier alpha value is -3.17. The van der Waals surface area contributed by atoms with Gasteiger partial charge in [0.1, 0.15) is 5.56 Å². The number of fused-ring (bicyclic) bond motifs is 1. The normalized spacial score (nSPS) is 18.0. The van der Waals surface area contributed by atoms with Crippen molar-refractivity contribution in [3.8, 4) is 5.75 Å². The van der Waals surface area contributed by atoms with Gasteiger partial charge in [-0.25, -0.2) is 9.98 Å². The van der Waals surface area contributed by atoms with Crippen LogP contribution in [0.5, 0.6) is 5.75 Å². The van der Waals surface area contributed by atoms with Gasteiger partial charge in [-0.3, -0.25) is 4.79 Å². The highest BCUT2D eigenvalue weighted by Crippen LogP contribution is 2.44. The highest BCUT2D eigenvalue weighted by atomic mass is 16.7. The zero-order valence-corrected chi connectivity index (χ0v) is 17.9. The van der Waals surface area contributed by atoms with Crippen LogP contribution >= 0.6 is 0 Å². The lowest BCUT2D eigenvalue weighted by Crippen LogP contribution is -2.48. The van der Waals surface area contributed by atoms with Crippen LogP contribution < -0.4 is 4.90 Å². The number of carbonyl (C=O) groups excluding carboxylic acids is 1. The first-order valence-electron chi connectivity index (χ1n) is 10.2. The predicted molar refractivity (Wildman–Crippen MR) is 116 cm³/mol. The number of aromatic nitrogens is 1. The van der Waals surface area contributed by atoms with Crippen LogP contribution in [0.4, 0.5) is 11.7 Å². The maximum atomic E-state index is 11.7. The van der Waals surface area contributed by atoms with E-state index in [1.165, 1.54) is 7.11 Å². The van der Waals surface area contributed by atoms with Crippen LogP contribution in [-0.2, 0) is 14.3 Å². The van der Waals surface area contributed by atoms with Crippen LogP contribution in [0.2, 0.25) is 0 Å². The number of pyridine rings is 1. The zero-order chi connectivity index (χ0) is 22.0. The molecule has 31 heavy (non-hydrogen) atoms. The van der Waals surface area contributed by atoms with Gasteiger partial charge in [-0.2, -0.15) is 0 Å². The fourth-order valence-corrected chi connectivity index (χ4v) is 3.81. The molecule has 2 aliphatic rings. The molecular weight excluding hydrogens is 400 g/mol. The standard InChI is InChI=1S/C22H26N4O5/c1-4-30-22(29-3)18-19(28)17(12-15-13-24-20-16(15)6-5-7-23-20)31-21(18)26-10-8-25(9-11-26)14(2)27/h5-7,12-13,22,28H,4,8-11H2,1-3H3. The van der Waals surface area contributed by atoms with E-state index in [1.54, 1.807) is 30.3 Å². The maximum absolute atomic E-state index is 11.7. The van der Waals surface area contributed by atoms with E-state index < -0.39 is 6.29 Å². The van der Waals surface area contributed by atoms with Gasteiger partial charge < -0.3 is 28.8 Å². The molecule has 2 aliphatic heterocycles. The third-order valence-corrected chi connectivity index (χ3v) is 5.42. The smallest absolute Gasteiger partial charge is 0.219 e. The van der Waals surface area contributed by atoms with Crippen LogP contribution in [0.15, 0.2) is 27.7 Å². The average molecular weight is 426 g/mol. The Kier molecular flexibility index (Phi) is 6.06. The summed E-state index contributed by atoms with van der Waals surface area (Å²) in [6.07, 6.45) is 4.34. The number of ether oxygens (including phenoxy) is 2. The van der Waals surface area contributed by atoms with E-state index >= 15 is 0 Å². The minimum atomic E-state index is -0.784. The van der Waals surface area contributed by atoms with Crippen molar-refractivity contribution in [3.05, 3.63) is 35.2 Å². The number of anilines is 1. The summed E-state index contributed by atoms with van der Waals surface area (Å²) in [5.74, 6) is 1.41. The monoisotopic (exact) mass is 426 g/mol. The molecule has 1 amide bonds. The summed E-state index contributed by atoms with van der Waals surface area (Å²) in [6.45, 7) is 6.13. The molecule has 2 aromatic heterocycles. The quantitative estimate of drug-likeness (QED) is 0.709. The van der Waals surface area contributed by atoms with Crippen LogP contribution in [0.3, 0.4) is 0 Å². The van der Waals surface area contributed by atoms with Crippen molar-refractivity contribution in [2.24, 2.45) is 4.99 Å². The minimum Gasteiger partial charge on any atom is -0.504 e. The van der Waals surface area contributed by atoms with Gasteiger partial charge in [0.25, 0.3) is 0 Å². The maximum Gasteiger partial charge on any atom is 0.219 e. The molecule has 9 heteroatoms. The van der Waals surface area contributed by atoms with Gasteiger partial charge in [-0.05, 0) is 25.1 Å². The molecule has 9 nitrogen and oxygen atoms in total. The zero-order valence-electron chi connectivity index (χ0n) is 17.9. The first kappa shape index (κ1) is 21.1. The van der Waals surface area contributed by atoms with Crippen LogP contribution in [-0.4, -0.2) is 67.0 Å². The number of furan rings is 1. The third kappa shape index (κ3) is 4.06. The van der Waals surface area contributed by atoms with E-state index in [2.05, 4.69) is 9.98 Å². The molecule has 4 heterocycles. The third-order valence-electron chi connectivity index (χ3n) is 5.42. The number of hydrogen-bond donors (Lipinski definition) is 1. The molecule has 0 aliphatic carbocycles. The van der Waals surface area contributed by atoms with Gasteiger partial charge in [0.15, 0.2) is 23.6 Å². The number of amides is 1. The van der Waals surface area contributed by atoms with Gasteiger partial charge in [0.05, 0.1) is 0 Å². The van der Waals surface area contributed by atoms with Crippen LogP contribution in [0.25, 0.3) is 11.6 Å². The number of aromatic hydroxyl groups is 1. The summed E-state index contributed by atoms with van der Waals surface area (Å²) in [7, 11) is 1.52. The van der Waals surface area contributed by atoms with Crippen molar-refractivity contribution in [2.45, 2.75) is 20.1 Å². The molecule has 1 unspecified atom stereocenters. The predicted octanol–water partition coefficient (Wildman–Crippen LogP) is 2.99. The lowest BCUT2D eigenvalue weighted by Gasteiger charge is -2.34. The summed E-state index contributed by atoms with van der Waals surface area (Å²) in [6, 6.07) is 3.76. The number of carbonyl (C=O) groups is 1. The average Bonchev–Trinajstić information content (AvgIpc) is 3.34. The number of allylic oxidation sites excluding steroid dienone is 1. The van der Waals surface area contributed by atoms with Crippen molar-refractivity contribution < 1.29 is 23.8 Å². The van der Waals surface area contributed by atoms with Crippen LogP contribution in [0.1, 0.15) is 37.0 Å². The van der Waals surface area contributed by atoms with Crippen molar-refractivity contribution in [1.82, 2.24) is 9.88 Å². The summed E-state index contributed by atoms with van der Waals surface area (Å²) < 4.78 is 17.3. The number of methoxy groups -OCH3 is 1. The first-order chi connectivity index (χ1) is 15.0. The van der Waals surface area contributed by atoms with Crippen molar-refractivity contribution in [2.75, 3.05) is 44.8 Å². The highest BCUT2D eigenvalue weighted by Gasteiger charge is 2.32. The Morgan fingerprint density at radius 3 is 2.81 bits per heavy atom. The van der Waals surface area contributed by atoms with Crippen molar-refractivity contribution >= 4 is 35.5 Å². The summed E-state index contributed by atoms with van der Waals surface area (Å²) >= 11 is 0. The molecule has 1 saturated heterocycles. The van der Waals surface area contributed by atoms with Gasteiger partial charge in [0.2, 0.25) is 11.8 Å². The molecule has 0 radical (unpaired) electrons. The van der Waals surface area contributed by atoms with E-state index in [0.717, 1.165) is 11.1 Å². The molecule has 1 atom stereocenters. The molecule has 0 bridgehead atoms. The molecule has 164 valence electrons. The van der Waals surface area contributed by atoms with Crippen molar-refractivity contribution in [3.63, 3.8) is 0 Å². The molecule has 1 N–H and O–H groups in total. The molecule has 0 spiro atoms. The van der Waals surface area contributed by atoms with Crippen molar-refractivity contribution in [1.29, 1.82) is 0 Å². The second-order valence-corrected chi connectivity index (χ2v) is 7.28. The molecule has 1 fully saturated rings. The molecule has 0 aromatic carbocycles. The number of aliphatic imine (C=N–C) groups is 1. The van der Waals surface area contributed by atoms with Gasteiger partial charge in [-0.1, -0.05) is 0 Å². The Morgan fingerprint density at radius 1 is 1.35 bits per heavy atom. The fraction of sp³-hybridized carbons (Fsp3) is 0.409. The van der Waals surface area contributed by atoms with E-state index in [0.29, 0.717) is 55.8 Å². The largest absolute Gasteiger partial charge is 0.504 e. The molecule has 4 rings (SSSR count). The molecule has 2 aromatic rings. The van der Waals surface area contributed by atoms with E-state index in [4.69, 9.17) is 13.9 Å². The van der Waals surface area contributed by atoms with Gasteiger partial charge in [0, 0.05) is 70.4 Å². The summed E-state index contributed by atoms with van der Waals surface area (Å²) in [5, 5.41) is 11.1.